The summed E-state index contributed by atoms with van der Waals surface area (Å²) in [5.41, 5.74) is 4.91. The molecule has 5 N–H and O–H groups in total. The largest absolute Gasteiger partial charge is 0.483 e. The van der Waals surface area contributed by atoms with Gasteiger partial charge in [0, 0.05) is 12.6 Å². The number of hydrogen-bond donors (Lipinski definition) is 4. The van der Waals surface area contributed by atoms with Crippen LogP contribution in [0.2, 0.25) is 0 Å². The highest BCUT2D eigenvalue weighted by atomic mass is 16.3. The van der Waals surface area contributed by atoms with Crippen LogP contribution in [0.1, 0.15) is 26.7 Å². The van der Waals surface area contributed by atoms with E-state index in [0.717, 1.165) is 13.1 Å². The van der Waals surface area contributed by atoms with Crippen LogP contribution in [0.3, 0.4) is 0 Å². The van der Waals surface area contributed by atoms with E-state index in [-0.39, 0.29) is 18.9 Å². The molecule has 8 heteroatoms. The SMILES string of the molecule is CC(C)C(CNC(=O)CNC(N)=O)N1CCCC1.O=CO. The van der Waals surface area contributed by atoms with Crippen LogP contribution in [-0.4, -0.2) is 60.6 Å². The Balaban J connectivity index is 0.00000122. The molecule has 0 saturated carbocycles. The summed E-state index contributed by atoms with van der Waals surface area (Å²) in [6.45, 7) is 6.86. The highest BCUT2D eigenvalue weighted by molar-refractivity contribution is 5.83. The van der Waals surface area contributed by atoms with E-state index in [1.807, 2.05) is 0 Å². The van der Waals surface area contributed by atoms with Crippen molar-refractivity contribution in [2.24, 2.45) is 11.7 Å². The molecular weight excluding hydrogens is 276 g/mol. The molecule has 122 valence electrons. The first-order valence-corrected chi connectivity index (χ1v) is 7.04. The van der Waals surface area contributed by atoms with Crippen LogP contribution in [0.4, 0.5) is 4.79 Å². The van der Waals surface area contributed by atoms with Crippen molar-refractivity contribution in [3.63, 3.8) is 0 Å². The Morgan fingerprint density at radius 3 is 2.24 bits per heavy atom. The molecule has 1 aliphatic rings. The normalized spacial score (nSPS) is 15.8. The Bertz CT molecular complexity index is 330. The van der Waals surface area contributed by atoms with Gasteiger partial charge in [-0.2, -0.15) is 0 Å². The monoisotopic (exact) mass is 302 g/mol. The average molecular weight is 302 g/mol. The van der Waals surface area contributed by atoms with Gasteiger partial charge in [-0.05, 0) is 31.8 Å². The fourth-order valence-electron chi connectivity index (χ4n) is 2.31. The predicted octanol–water partition coefficient (Wildman–Crippen LogP) is -0.408. The van der Waals surface area contributed by atoms with Crippen molar-refractivity contribution in [1.82, 2.24) is 15.5 Å². The summed E-state index contributed by atoms with van der Waals surface area (Å²) in [5, 5.41) is 12.0. The zero-order chi connectivity index (χ0) is 16.3. The van der Waals surface area contributed by atoms with E-state index in [2.05, 4.69) is 29.4 Å². The molecule has 21 heavy (non-hydrogen) atoms. The highest BCUT2D eigenvalue weighted by Gasteiger charge is 2.24. The molecule has 1 aliphatic heterocycles. The summed E-state index contributed by atoms with van der Waals surface area (Å²) in [4.78, 5) is 32.8. The molecule has 8 nitrogen and oxygen atoms in total. The molecule has 0 aromatic heterocycles. The Morgan fingerprint density at radius 1 is 1.29 bits per heavy atom. The molecule has 1 saturated heterocycles. The van der Waals surface area contributed by atoms with Gasteiger partial charge in [0.1, 0.15) is 0 Å². The molecule has 1 atom stereocenters. The number of nitrogens with two attached hydrogens (primary N) is 1. The van der Waals surface area contributed by atoms with E-state index in [0.29, 0.717) is 18.5 Å². The van der Waals surface area contributed by atoms with Crippen molar-refractivity contribution >= 4 is 18.4 Å². The lowest BCUT2D eigenvalue weighted by Crippen LogP contribution is -2.48. The zero-order valence-electron chi connectivity index (χ0n) is 12.7. The van der Waals surface area contributed by atoms with Gasteiger partial charge < -0.3 is 21.5 Å². The molecule has 0 spiro atoms. The van der Waals surface area contributed by atoms with Crippen LogP contribution < -0.4 is 16.4 Å². The smallest absolute Gasteiger partial charge is 0.312 e. The predicted molar refractivity (Wildman–Crippen MR) is 78.7 cm³/mol. The van der Waals surface area contributed by atoms with Gasteiger partial charge in [0.25, 0.3) is 6.47 Å². The number of hydrogen-bond acceptors (Lipinski definition) is 4. The summed E-state index contributed by atoms with van der Waals surface area (Å²) in [7, 11) is 0. The number of rotatable bonds is 6. The molecule has 0 aliphatic carbocycles. The number of nitrogens with one attached hydrogen (secondary N) is 2. The van der Waals surface area contributed by atoms with Crippen molar-refractivity contribution in [2.45, 2.75) is 32.7 Å². The zero-order valence-corrected chi connectivity index (χ0v) is 12.7. The first-order valence-electron chi connectivity index (χ1n) is 7.04. The van der Waals surface area contributed by atoms with Crippen molar-refractivity contribution in [3.8, 4) is 0 Å². The van der Waals surface area contributed by atoms with Crippen LogP contribution in [0.15, 0.2) is 0 Å². The first-order chi connectivity index (χ1) is 9.92. The van der Waals surface area contributed by atoms with E-state index >= 15 is 0 Å². The van der Waals surface area contributed by atoms with Crippen molar-refractivity contribution in [2.75, 3.05) is 26.2 Å². The van der Waals surface area contributed by atoms with Crippen molar-refractivity contribution < 1.29 is 19.5 Å². The molecule has 0 radical (unpaired) electrons. The topological polar surface area (TPSA) is 125 Å². The van der Waals surface area contributed by atoms with Gasteiger partial charge in [-0.15, -0.1) is 0 Å². The number of carbonyl (C=O) groups is 3. The van der Waals surface area contributed by atoms with Crippen LogP contribution in [0.25, 0.3) is 0 Å². The van der Waals surface area contributed by atoms with E-state index in [9.17, 15) is 9.59 Å². The van der Waals surface area contributed by atoms with Crippen LogP contribution in [0, 0.1) is 5.92 Å². The minimum absolute atomic E-state index is 0.0554. The number of amides is 3. The van der Waals surface area contributed by atoms with E-state index in [4.69, 9.17) is 15.6 Å². The summed E-state index contributed by atoms with van der Waals surface area (Å²) >= 11 is 0. The van der Waals surface area contributed by atoms with Gasteiger partial charge in [-0.3, -0.25) is 14.5 Å². The van der Waals surface area contributed by atoms with Gasteiger partial charge in [-0.25, -0.2) is 4.79 Å². The van der Waals surface area contributed by atoms with E-state index in [1.54, 1.807) is 0 Å². The van der Waals surface area contributed by atoms with Gasteiger partial charge in [-0.1, -0.05) is 13.8 Å². The Hall–Kier alpha value is -1.83. The minimum atomic E-state index is -0.676. The minimum Gasteiger partial charge on any atom is -0.483 e. The van der Waals surface area contributed by atoms with Gasteiger partial charge in [0.2, 0.25) is 5.91 Å². The first kappa shape index (κ1) is 19.2. The Morgan fingerprint density at radius 2 is 1.81 bits per heavy atom. The lowest BCUT2D eigenvalue weighted by atomic mass is 10.0. The van der Waals surface area contributed by atoms with Crippen LogP contribution in [0.5, 0.6) is 0 Å². The Labute approximate surface area is 125 Å². The number of carboxylic acid groups (broad SMARTS) is 1. The molecule has 0 aromatic carbocycles. The van der Waals surface area contributed by atoms with Crippen molar-refractivity contribution in [3.05, 3.63) is 0 Å². The van der Waals surface area contributed by atoms with E-state index in [1.165, 1.54) is 12.8 Å². The van der Waals surface area contributed by atoms with Gasteiger partial charge >= 0.3 is 6.03 Å². The molecule has 1 fully saturated rings. The maximum atomic E-state index is 11.5. The molecule has 1 unspecified atom stereocenters. The van der Waals surface area contributed by atoms with Crippen LogP contribution in [-0.2, 0) is 9.59 Å². The number of urea groups is 1. The molecule has 1 heterocycles. The summed E-state index contributed by atoms with van der Waals surface area (Å²) in [6.07, 6.45) is 2.47. The average Bonchev–Trinajstić information content (AvgIpc) is 2.91. The number of likely N-dealkylation sites (tertiary alicyclic amines) is 1. The highest BCUT2D eigenvalue weighted by Crippen LogP contribution is 2.16. The quantitative estimate of drug-likeness (QED) is 0.496. The molecule has 0 bridgehead atoms. The second-order valence-corrected chi connectivity index (χ2v) is 5.18. The third-order valence-electron chi connectivity index (χ3n) is 3.31. The lowest BCUT2D eigenvalue weighted by Gasteiger charge is -2.31. The maximum absolute atomic E-state index is 11.5. The third kappa shape index (κ3) is 8.85. The van der Waals surface area contributed by atoms with Gasteiger partial charge in [0.05, 0.1) is 6.54 Å². The molecule has 0 aromatic rings. The fraction of sp³-hybridized carbons (Fsp3) is 0.769. The van der Waals surface area contributed by atoms with Gasteiger partial charge in [0.15, 0.2) is 0 Å². The number of carbonyl (C=O) groups excluding carboxylic acids is 2. The van der Waals surface area contributed by atoms with Crippen molar-refractivity contribution in [1.29, 1.82) is 0 Å². The maximum Gasteiger partial charge on any atom is 0.312 e. The summed E-state index contributed by atoms with van der Waals surface area (Å²) in [6, 6.07) is -0.310. The van der Waals surface area contributed by atoms with Crippen LogP contribution >= 0.6 is 0 Å². The third-order valence-corrected chi connectivity index (χ3v) is 3.31. The van der Waals surface area contributed by atoms with E-state index < -0.39 is 6.03 Å². The number of primary amides is 1. The Kier molecular flexibility index (Phi) is 9.95. The number of nitrogens with zero attached hydrogens (tertiary/aromatic N) is 1. The molecule has 1 rings (SSSR count). The standard InChI is InChI=1S/C12H24N4O2.CH2O2/c1-9(2)10(16-5-3-4-6-16)7-14-11(17)8-15-12(13)18;2-1-3/h9-10H,3-8H2,1-2H3,(H,14,17)(H3,13,15,18);1H,(H,2,3). The lowest BCUT2D eigenvalue weighted by molar-refractivity contribution is -0.123. The molecule has 3 amide bonds. The summed E-state index contributed by atoms with van der Waals surface area (Å²) < 4.78 is 0. The second-order valence-electron chi connectivity index (χ2n) is 5.18. The second kappa shape index (κ2) is 10.9. The fourth-order valence-corrected chi connectivity index (χ4v) is 2.31. The molecular formula is C13H26N4O4. The summed E-state index contributed by atoms with van der Waals surface area (Å²) in [5.74, 6) is 0.297.